The zero-order chi connectivity index (χ0) is 13.7. The van der Waals surface area contributed by atoms with Crippen molar-refractivity contribution in [3.63, 3.8) is 0 Å². The van der Waals surface area contributed by atoms with Crippen molar-refractivity contribution in [2.24, 2.45) is 0 Å². The van der Waals surface area contributed by atoms with Crippen molar-refractivity contribution in [1.82, 2.24) is 15.0 Å². The molecule has 19 heavy (non-hydrogen) atoms. The highest BCUT2D eigenvalue weighted by Gasteiger charge is 2.10. The number of anilines is 2. The normalized spacial score (nSPS) is 10.5. The number of aromatic nitrogens is 3. The van der Waals surface area contributed by atoms with Crippen LogP contribution >= 0.6 is 11.3 Å². The number of hydrogen-bond donors (Lipinski definition) is 2. The Morgan fingerprint density at radius 3 is 2.63 bits per heavy atom. The van der Waals surface area contributed by atoms with Gasteiger partial charge in [0, 0.05) is 23.7 Å². The van der Waals surface area contributed by atoms with Crippen LogP contribution in [0.1, 0.15) is 28.8 Å². The molecule has 2 heterocycles. The van der Waals surface area contributed by atoms with Crippen LogP contribution in [0.15, 0.2) is 12.5 Å². The maximum atomic E-state index is 4.35. The van der Waals surface area contributed by atoms with Crippen LogP contribution in [0.3, 0.4) is 0 Å². The molecule has 0 fully saturated rings. The average Bonchev–Trinajstić information content (AvgIpc) is 2.83. The van der Waals surface area contributed by atoms with Crippen LogP contribution in [0, 0.1) is 6.92 Å². The highest BCUT2D eigenvalue weighted by atomic mass is 32.1. The fraction of sp³-hybridized carbons (Fsp3) is 0.462. The number of nitrogens with one attached hydrogen (secondary N) is 2. The van der Waals surface area contributed by atoms with Crippen LogP contribution in [0.2, 0.25) is 0 Å². The zero-order valence-corrected chi connectivity index (χ0v) is 12.3. The van der Waals surface area contributed by atoms with E-state index >= 15 is 0 Å². The molecule has 6 heteroatoms. The molecule has 0 saturated carbocycles. The van der Waals surface area contributed by atoms with E-state index in [2.05, 4.69) is 39.4 Å². The summed E-state index contributed by atoms with van der Waals surface area (Å²) in [5.41, 5.74) is 1.14. The summed E-state index contributed by atoms with van der Waals surface area (Å²) in [7, 11) is 1.88. The SMILES string of the molecule is CCCc1c(NC)ncnc1NCc1ncc(C)s1. The molecular weight excluding hydrogens is 258 g/mol. The van der Waals surface area contributed by atoms with E-state index in [1.54, 1.807) is 17.7 Å². The number of nitrogens with zero attached hydrogens (tertiary/aromatic N) is 3. The Kier molecular flexibility index (Phi) is 4.68. The molecule has 0 bridgehead atoms. The molecule has 5 nitrogen and oxygen atoms in total. The second-order valence-corrected chi connectivity index (χ2v) is 5.59. The van der Waals surface area contributed by atoms with Crippen LogP contribution in [0.5, 0.6) is 0 Å². The van der Waals surface area contributed by atoms with Crippen LogP contribution in [-0.4, -0.2) is 22.0 Å². The van der Waals surface area contributed by atoms with Crippen LogP contribution in [-0.2, 0) is 13.0 Å². The van der Waals surface area contributed by atoms with Gasteiger partial charge in [-0.15, -0.1) is 11.3 Å². The van der Waals surface area contributed by atoms with Crippen molar-refractivity contribution < 1.29 is 0 Å². The molecule has 2 aromatic rings. The minimum atomic E-state index is 0.704. The largest absolute Gasteiger partial charge is 0.373 e. The number of rotatable bonds is 6. The third-order valence-corrected chi connectivity index (χ3v) is 3.67. The Morgan fingerprint density at radius 1 is 1.21 bits per heavy atom. The fourth-order valence-electron chi connectivity index (χ4n) is 1.91. The molecule has 0 aliphatic heterocycles. The first-order chi connectivity index (χ1) is 9.24. The van der Waals surface area contributed by atoms with Gasteiger partial charge in [-0.1, -0.05) is 13.3 Å². The Labute approximate surface area is 117 Å². The van der Waals surface area contributed by atoms with E-state index in [4.69, 9.17) is 0 Å². The predicted octanol–water partition coefficient (Wildman–Crippen LogP) is 2.85. The lowest BCUT2D eigenvalue weighted by molar-refractivity contribution is 0.898. The van der Waals surface area contributed by atoms with E-state index < -0.39 is 0 Å². The minimum Gasteiger partial charge on any atom is -0.373 e. The molecule has 0 aliphatic rings. The molecule has 0 amide bonds. The maximum absolute atomic E-state index is 4.35. The zero-order valence-electron chi connectivity index (χ0n) is 11.5. The smallest absolute Gasteiger partial charge is 0.135 e. The molecule has 0 aromatic carbocycles. The molecule has 0 unspecified atom stereocenters. The lowest BCUT2D eigenvalue weighted by Gasteiger charge is -2.12. The molecule has 0 spiro atoms. The second kappa shape index (κ2) is 6.47. The summed E-state index contributed by atoms with van der Waals surface area (Å²) in [5, 5.41) is 7.55. The van der Waals surface area contributed by atoms with Crippen LogP contribution < -0.4 is 10.6 Å². The van der Waals surface area contributed by atoms with Crippen molar-refractivity contribution in [2.45, 2.75) is 33.2 Å². The van der Waals surface area contributed by atoms with Gasteiger partial charge in [-0.3, -0.25) is 0 Å². The van der Waals surface area contributed by atoms with Gasteiger partial charge in [0.25, 0.3) is 0 Å². The standard InChI is InChI=1S/C13H19N5S/c1-4-5-10-12(14-3)17-8-18-13(10)16-7-11-15-6-9(2)19-11/h6,8H,4-5,7H2,1-3H3,(H2,14,16,17,18). The van der Waals surface area contributed by atoms with E-state index in [-0.39, 0.29) is 0 Å². The van der Waals surface area contributed by atoms with Gasteiger partial charge in [-0.25, -0.2) is 15.0 Å². The van der Waals surface area contributed by atoms with Gasteiger partial charge < -0.3 is 10.6 Å². The number of thiazole rings is 1. The molecule has 0 radical (unpaired) electrons. The maximum Gasteiger partial charge on any atom is 0.135 e. The summed E-state index contributed by atoms with van der Waals surface area (Å²) in [6.07, 6.45) is 5.50. The van der Waals surface area contributed by atoms with Crippen molar-refractivity contribution in [3.8, 4) is 0 Å². The lowest BCUT2D eigenvalue weighted by Crippen LogP contribution is -2.08. The predicted molar refractivity (Wildman–Crippen MR) is 79.8 cm³/mol. The third kappa shape index (κ3) is 3.41. The first-order valence-electron chi connectivity index (χ1n) is 6.41. The Balaban J connectivity index is 2.14. The van der Waals surface area contributed by atoms with E-state index in [9.17, 15) is 0 Å². The minimum absolute atomic E-state index is 0.704. The Bertz CT molecular complexity index is 538. The van der Waals surface area contributed by atoms with E-state index in [1.807, 2.05) is 13.2 Å². The highest BCUT2D eigenvalue weighted by Crippen LogP contribution is 2.22. The number of aryl methyl sites for hydroxylation is 1. The van der Waals surface area contributed by atoms with Crippen molar-refractivity contribution in [3.05, 3.63) is 28.0 Å². The quantitative estimate of drug-likeness (QED) is 0.850. The average molecular weight is 277 g/mol. The summed E-state index contributed by atoms with van der Waals surface area (Å²) in [6.45, 7) is 4.92. The summed E-state index contributed by atoms with van der Waals surface area (Å²) < 4.78 is 0. The molecule has 2 aromatic heterocycles. The highest BCUT2D eigenvalue weighted by molar-refractivity contribution is 7.11. The molecular formula is C13H19N5S. The van der Waals surface area contributed by atoms with Crippen LogP contribution in [0.25, 0.3) is 0 Å². The second-order valence-electron chi connectivity index (χ2n) is 4.27. The van der Waals surface area contributed by atoms with Gasteiger partial charge in [0.2, 0.25) is 0 Å². The van der Waals surface area contributed by atoms with E-state index in [0.717, 1.165) is 35.0 Å². The van der Waals surface area contributed by atoms with Gasteiger partial charge in [0.05, 0.1) is 6.54 Å². The van der Waals surface area contributed by atoms with Crippen molar-refractivity contribution in [2.75, 3.05) is 17.7 Å². The molecule has 102 valence electrons. The summed E-state index contributed by atoms with van der Waals surface area (Å²) in [6, 6.07) is 0. The van der Waals surface area contributed by atoms with Crippen LogP contribution in [0.4, 0.5) is 11.6 Å². The molecule has 0 aliphatic carbocycles. The topological polar surface area (TPSA) is 62.7 Å². The van der Waals surface area contributed by atoms with Crippen molar-refractivity contribution >= 4 is 23.0 Å². The Hall–Kier alpha value is -1.69. The molecule has 2 rings (SSSR count). The van der Waals surface area contributed by atoms with Gasteiger partial charge >= 0.3 is 0 Å². The third-order valence-electron chi connectivity index (χ3n) is 2.76. The van der Waals surface area contributed by atoms with Gasteiger partial charge in [0.1, 0.15) is 23.0 Å². The fourth-order valence-corrected chi connectivity index (χ4v) is 2.64. The first kappa shape index (κ1) is 13.7. The lowest BCUT2D eigenvalue weighted by atomic mass is 10.1. The molecule has 0 atom stereocenters. The summed E-state index contributed by atoms with van der Waals surface area (Å²) in [4.78, 5) is 14.2. The summed E-state index contributed by atoms with van der Waals surface area (Å²) in [5.74, 6) is 1.80. The molecule has 2 N–H and O–H groups in total. The molecule has 0 saturated heterocycles. The van der Waals surface area contributed by atoms with Gasteiger partial charge in [-0.2, -0.15) is 0 Å². The van der Waals surface area contributed by atoms with Gasteiger partial charge in [-0.05, 0) is 13.3 Å². The number of hydrogen-bond acceptors (Lipinski definition) is 6. The first-order valence-corrected chi connectivity index (χ1v) is 7.23. The van der Waals surface area contributed by atoms with Crippen molar-refractivity contribution in [1.29, 1.82) is 0 Å². The Morgan fingerprint density at radius 2 is 2.00 bits per heavy atom. The van der Waals surface area contributed by atoms with E-state index in [0.29, 0.717) is 6.54 Å². The monoisotopic (exact) mass is 277 g/mol. The van der Waals surface area contributed by atoms with Gasteiger partial charge in [0.15, 0.2) is 0 Å². The van der Waals surface area contributed by atoms with E-state index in [1.165, 1.54) is 4.88 Å². The summed E-state index contributed by atoms with van der Waals surface area (Å²) >= 11 is 1.70.